The fraction of sp³-hybridized carbons (Fsp3) is 0.500. The molecule has 2 aromatic rings. The minimum absolute atomic E-state index is 0.159. The second-order valence-corrected chi connectivity index (χ2v) is 6.05. The van der Waals surface area contributed by atoms with Crippen LogP contribution < -0.4 is 10.5 Å². The predicted molar refractivity (Wildman–Crippen MR) is 85.0 cm³/mol. The van der Waals surface area contributed by atoms with Crippen LogP contribution in [-0.4, -0.2) is 55.5 Å². The summed E-state index contributed by atoms with van der Waals surface area (Å²) in [5, 5.41) is 3.94. The van der Waals surface area contributed by atoms with Gasteiger partial charge < -0.3 is 24.6 Å². The van der Waals surface area contributed by atoms with Crippen LogP contribution in [0.15, 0.2) is 22.7 Å². The summed E-state index contributed by atoms with van der Waals surface area (Å²) >= 11 is 0. The predicted octanol–water partition coefficient (Wildman–Crippen LogP) is 1.39. The number of methoxy groups -OCH3 is 1. The van der Waals surface area contributed by atoms with Crippen molar-refractivity contribution >= 4 is 0 Å². The van der Waals surface area contributed by atoms with Crippen molar-refractivity contribution in [1.82, 2.24) is 15.0 Å². The maximum Gasteiger partial charge on any atom is 0.248 e. The topological polar surface area (TPSA) is 86.6 Å². The number of hydrogen-bond acceptors (Lipinski definition) is 7. The van der Waals surface area contributed by atoms with Crippen molar-refractivity contribution in [3.63, 3.8) is 0 Å². The summed E-state index contributed by atoms with van der Waals surface area (Å²) in [5.41, 5.74) is 6.20. The summed E-state index contributed by atoms with van der Waals surface area (Å²) in [5.74, 6) is 0.361. The van der Waals surface area contributed by atoms with E-state index in [2.05, 4.69) is 15.0 Å². The van der Waals surface area contributed by atoms with Gasteiger partial charge in [0, 0.05) is 25.8 Å². The SMILES string of the molecule is COCCOc1ccc(-c2noc(C3(N)CCN(C)C3)n2)cc1F. The Morgan fingerprint density at radius 3 is 2.92 bits per heavy atom. The largest absolute Gasteiger partial charge is 0.488 e. The van der Waals surface area contributed by atoms with Gasteiger partial charge in [-0.05, 0) is 31.7 Å². The minimum atomic E-state index is -0.651. The van der Waals surface area contributed by atoms with Gasteiger partial charge in [-0.1, -0.05) is 5.16 Å². The van der Waals surface area contributed by atoms with Gasteiger partial charge in [0.25, 0.3) is 0 Å². The van der Waals surface area contributed by atoms with E-state index in [0.29, 0.717) is 30.4 Å². The first kappa shape index (κ1) is 16.8. The fourth-order valence-corrected chi connectivity index (χ4v) is 2.74. The highest BCUT2D eigenvalue weighted by atomic mass is 19.1. The first-order valence-electron chi connectivity index (χ1n) is 7.75. The van der Waals surface area contributed by atoms with Crippen LogP contribution in [0.25, 0.3) is 11.4 Å². The van der Waals surface area contributed by atoms with Crippen molar-refractivity contribution in [1.29, 1.82) is 0 Å². The molecule has 2 N–H and O–H groups in total. The van der Waals surface area contributed by atoms with Crippen LogP contribution >= 0.6 is 0 Å². The second-order valence-electron chi connectivity index (χ2n) is 6.05. The Morgan fingerprint density at radius 2 is 2.25 bits per heavy atom. The fourth-order valence-electron chi connectivity index (χ4n) is 2.74. The number of benzene rings is 1. The summed E-state index contributed by atoms with van der Waals surface area (Å²) in [6, 6.07) is 4.54. The number of ether oxygens (including phenoxy) is 2. The molecular formula is C16H21FN4O3. The third kappa shape index (κ3) is 3.40. The molecule has 0 radical (unpaired) electrons. The number of aromatic nitrogens is 2. The van der Waals surface area contributed by atoms with Gasteiger partial charge in [-0.3, -0.25) is 0 Å². The van der Waals surface area contributed by atoms with Crippen LogP contribution in [0.3, 0.4) is 0 Å². The van der Waals surface area contributed by atoms with E-state index < -0.39 is 11.4 Å². The van der Waals surface area contributed by atoms with E-state index in [0.717, 1.165) is 13.0 Å². The molecule has 1 aliphatic rings. The standard InChI is InChI=1S/C16H21FN4O3/c1-21-6-5-16(18,10-21)15-19-14(20-24-15)11-3-4-13(12(17)9-11)23-8-7-22-2/h3-4,9H,5-8,10,18H2,1-2H3. The zero-order chi connectivity index (χ0) is 17.2. The van der Waals surface area contributed by atoms with Crippen molar-refractivity contribution in [2.75, 3.05) is 40.5 Å². The Balaban J connectivity index is 1.77. The summed E-state index contributed by atoms with van der Waals surface area (Å²) < 4.78 is 29.6. The zero-order valence-electron chi connectivity index (χ0n) is 13.8. The number of likely N-dealkylation sites (tertiary alicyclic amines) is 1. The maximum absolute atomic E-state index is 14.1. The summed E-state index contributed by atoms with van der Waals surface area (Å²) in [7, 11) is 3.55. The molecule has 8 heteroatoms. The molecule has 1 aromatic carbocycles. The molecule has 0 spiro atoms. The average Bonchev–Trinajstić information content (AvgIpc) is 3.17. The average molecular weight is 336 g/mol. The number of rotatable bonds is 6. The van der Waals surface area contributed by atoms with Crippen molar-refractivity contribution in [2.45, 2.75) is 12.0 Å². The van der Waals surface area contributed by atoms with Crippen LogP contribution in [-0.2, 0) is 10.3 Å². The number of likely N-dealkylation sites (N-methyl/N-ethyl adjacent to an activating group) is 1. The van der Waals surface area contributed by atoms with Gasteiger partial charge in [0.1, 0.15) is 12.1 Å². The molecule has 1 unspecified atom stereocenters. The third-order valence-electron chi connectivity index (χ3n) is 4.08. The molecule has 1 atom stereocenters. The highest BCUT2D eigenvalue weighted by Gasteiger charge is 2.39. The monoisotopic (exact) mass is 336 g/mol. The molecular weight excluding hydrogens is 315 g/mol. The third-order valence-corrected chi connectivity index (χ3v) is 4.08. The first-order valence-corrected chi connectivity index (χ1v) is 7.75. The summed E-state index contributed by atoms with van der Waals surface area (Å²) in [6.07, 6.45) is 0.742. The maximum atomic E-state index is 14.1. The molecule has 1 aliphatic heterocycles. The Bertz CT molecular complexity index is 708. The molecule has 1 fully saturated rings. The van der Waals surface area contributed by atoms with Gasteiger partial charge in [0.15, 0.2) is 11.6 Å². The van der Waals surface area contributed by atoms with Gasteiger partial charge in [-0.15, -0.1) is 0 Å². The Labute approximate surface area is 139 Å². The van der Waals surface area contributed by atoms with Crippen LogP contribution in [0.1, 0.15) is 12.3 Å². The molecule has 0 bridgehead atoms. The van der Waals surface area contributed by atoms with Gasteiger partial charge in [0.2, 0.25) is 11.7 Å². The van der Waals surface area contributed by atoms with Gasteiger partial charge >= 0.3 is 0 Å². The minimum Gasteiger partial charge on any atom is -0.488 e. The molecule has 7 nitrogen and oxygen atoms in total. The summed E-state index contributed by atoms with van der Waals surface area (Å²) in [4.78, 5) is 6.46. The number of hydrogen-bond donors (Lipinski definition) is 1. The van der Waals surface area contributed by atoms with E-state index in [4.69, 9.17) is 19.7 Å². The molecule has 3 rings (SSSR count). The Hall–Kier alpha value is -2.03. The molecule has 130 valence electrons. The lowest BCUT2D eigenvalue weighted by Crippen LogP contribution is -2.39. The van der Waals surface area contributed by atoms with Crippen molar-refractivity contribution in [3.05, 3.63) is 29.9 Å². The molecule has 0 saturated carbocycles. The van der Waals surface area contributed by atoms with Gasteiger partial charge in [-0.25, -0.2) is 4.39 Å². The van der Waals surface area contributed by atoms with E-state index >= 15 is 0 Å². The van der Waals surface area contributed by atoms with Crippen LogP contribution in [0.4, 0.5) is 4.39 Å². The van der Waals surface area contributed by atoms with E-state index in [9.17, 15) is 4.39 Å². The quantitative estimate of drug-likeness (QED) is 0.798. The first-order chi connectivity index (χ1) is 11.5. The van der Waals surface area contributed by atoms with Gasteiger partial charge in [-0.2, -0.15) is 4.98 Å². The van der Waals surface area contributed by atoms with Crippen molar-refractivity contribution in [3.8, 4) is 17.1 Å². The van der Waals surface area contributed by atoms with E-state index in [-0.39, 0.29) is 12.4 Å². The number of halogens is 1. The number of nitrogens with zero attached hydrogens (tertiary/aromatic N) is 3. The Morgan fingerprint density at radius 1 is 1.42 bits per heavy atom. The summed E-state index contributed by atoms with van der Waals surface area (Å²) in [6.45, 7) is 2.19. The highest BCUT2D eigenvalue weighted by Crippen LogP contribution is 2.30. The van der Waals surface area contributed by atoms with E-state index in [1.807, 2.05) is 7.05 Å². The molecule has 24 heavy (non-hydrogen) atoms. The highest BCUT2D eigenvalue weighted by molar-refractivity contribution is 5.56. The van der Waals surface area contributed by atoms with E-state index in [1.54, 1.807) is 13.2 Å². The van der Waals surface area contributed by atoms with Gasteiger partial charge in [0.05, 0.1) is 6.61 Å². The molecule has 1 aromatic heterocycles. The lowest BCUT2D eigenvalue weighted by atomic mass is 10.0. The number of nitrogens with two attached hydrogens (primary N) is 1. The smallest absolute Gasteiger partial charge is 0.248 e. The molecule has 1 saturated heterocycles. The Kier molecular flexibility index (Phi) is 4.79. The molecule has 0 aliphatic carbocycles. The van der Waals surface area contributed by atoms with Crippen LogP contribution in [0.5, 0.6) is 5.75 Å². The molecule has 2 heterocycles. The lowest BCUT2D eigenvalue weighted by molar-refractivity contribution is 0.144. The normalized spacial score (nSPS) is 21.3. The lowest BCUT2D eigenvalue weighted by Gasteiger charge is -2.18. The van der Waals surface area contributed by atoms with Crippen LogP contribution in [0.2, 0.25) is 0 Å². The second kappa shape index (κ2) is 6.84. The van der Waals surface area contributed by atoms with E-state index in [1.165, 1.54) is 12.1 Å². The van der Waals surface area contributed by atoms with Crippen molar-refractivity contribution in [2.24, 2.45) is 5.73 Å². The zero-order valence-corrected chi connectivity index (χ0v) is 13.8. The van der Waals surface area contributed by atoms with Crippen LogP contribution in [0, 0.1) is 5.82 Å². The van der Waals surface area contributed by atoms with Crippen molar-refractivity contribution < 1.29 is 18.4 Å². The molecule has 0 amide bonds.